The van der Waals surface area contributed by atoms with Gasteiger partial charge in [-0.15, -0.1) is 17.0 Å². The Bertz CT molecular complexity index is 198. The number of alkyl halides is 1. The van der Waals surface area contributed by atoms with Crippen molar-refractivity contribution in [1.29, 1.82) is 0 Å². The summed E-state index contributed by atoms with van der Waals surface area (Å²) in [6, 6.07) is 0. The van der Waals surface area contributed by atoms with Crippen LogP contribution in [0.1, 0.15) is 12.2 Å². The minimum atomic E-state index is 0. The fourth-order valence-electron chi connectivity index (χ4n) is 0.870. The van der Waals surface area contributed by atoms with E-state index in [1.807, 2.05) is 19.3 Å². The molecule has 1 heterocycles. The van der Waals surface area contributed by atoms with E-state index in [0.717, 1.165) is 24.1 Å². The smallest absolute Gasteiger partial charge is 0.105 e. The molecule has 1 aromatic rings. The summed E-state index contributed by atoms with van der Waals surface area (Å²) in [5.74, 6) is 1.10. The van der Waals surface area contributed by atoms with Crippen LogP contribution in [0.15, 0.2) is 12.4 Å². The second kappa shape index (κ2) is 5.77. The Balaban J connectivity index is 0.000001000. The van der Waals surface area contributed by atoms with Crippen LogP contribution >= 0.6 is 32.9 Å². The lowest BCUT2D eigenvalue weighted by molar-refractivity contribution is 0.664. The Labute approximate surface area is 85.9 Å². The molecule has 1 rings (SSSR count). The summed E-state index contributed by atoms with van der Waals surface area (Å²) in [4.78, 5) is 4.12. The summed E-state index contributed by atoms with van der Waals surface area (Å²) in [5, 5.41) is 1.06. The number of nitrogens with zero attached hydrogens (tertiary/aromatic N) is 2. The van der Waals surface area contributed by atoms with Gasteiger partial charge < -0.3 is 4.57 Å². The van der Waals surface area contributed by atoms with E-state index in [1.54, 1.807) is 0 Å². The summed E-state index contributed by atoms with van der Waals surface area (Å²) in [7, 11) is 0. The zero-order chi connectivity index (χ0) is 7.40. The summed E-state index contributed by atoms with van der Waals surface area (Å²) in [5.41, 5.74) is 0. The van der Waals surface area contributed by atoms with Gasteiger partial charge in [-0.2, -0.15) is 0 Å². The molecule has 0 radical (unpaired) electrons. The Morgan fingerprint density at radius 1 is 1.64 bits per heavy atom. The number of hydrogen-bond acceptors (Lipinski definition) is 1. The van der Waals surface area contributed by atoms with Gasteiger partial charge in [0.25, 0.3) is 0 Å². The molecular weight excluding hydrogens is 272 g/mol. The van der Waals surface area contributed by atoms with E-state index < -0.39 is 0 Å². The highest BCUT2D eigenvalue weighted by Gasteiger charge is 1.93. The van der Waals surface area contributed by atoms with Crippen molar-refractivity contribution >= 4 is 32.9 Å². The van der Waals surface area contributed by atoms with Crippen LogP contribution in [0, 0.1) is 6.92 Å². The van der Waals surface area contributed by atoms with E-state index in [-0.39, 0.29) is 17.0 Å². The highest BCUT2D eigenvalue weighted by molar-refractivity contribution is 9.09. The quantitative estimate of drug-likeness (QED) is 0.780. The van der Waals surface area contributed by atoms with Gasteiger partial charge in [-0.3, -0.25) is 0 Å². The van der Waals surface area contributed by atoms with E-state index in [2.05, 4.69) is 25.5 Å². The molecule has 0 unspecified atom stereocenters. The Kier molecular flexibility index (Phi) is 5.86. The van der Waals surface area contributed by atoms with Crippen molar-refractivity contribution in [3.05, 3.63) is 18.2 Å². The van der Waals surface area contributed by atoms with Gasteiger partial charge in [0, 0.05) is 24.3 Å². The number of aryl methyl sites for hydroxylation is 2. The molecule has 0 saturated heterocycles. The molecule has 0 saturated carbocycles. The van der Waals surface area contributed by atoms with Crippen LogP contribution in [-0.2, 0) is 6.54 Å². The number of halogens is 2. The predicted molar refractivity (Wildman–Crippen MR) is 55.7 cm³/mol. The third-order valence-electron chi connectivity index (χ3n) is 1.46. The first-order valence-corrected chi connectivity index (χ1v) is 4.50. The molecule has 0 fully saturated rings. The minimum absolute atomic E-state index is 0. The number of aromatic nitrogens is 2. The minimum Gasteiger partial charge on any atom is -0.335 e. The predicted octanol–water partition coefficient (Wildman–Crippen LogP) is 2.55. The summed E-state index contributed by atoms with van der Waals surface area (Å²) < 4.78 is 2.15. The summed E-state index contributed by atoms with van der Waals surface area (Å²) in [6.45, 7) is 3.09. The average molecular weight is 284 g/mol. The second-order valence-corrected chi connectivity index (χ2v) is 3.00. The van der Waals surface area contributed by atoms with Crippen LogP contribution in [0.3, 0.4) is 0 Å². The highest BCUT2D eigenvalue weighted by atomic mass is 79.9. The molecule has 0 N–H and O–H groups in total. The van der Waals surface area contributed by atoms with Gasteiger partial charge in [-0.1, -0.05) is 15.9 Å². The molecule has 0 amide bonds. The zero-order valence-corrected chi connectivity index (χ0v) is 9.76. The fourth-order valence-corrected chi connectivity index (χ4v) is 1.12. The number of hydrogen-bond donors (Lipinski definition) is 0. The van der Waals surface area contributed by atoms with Gasteiger partial charge in [0.2, 0.25) is 0 Å². The zero-order valence-electron chi connectivity index (χ0n) is 6.46. The molecule has 0 aliphatic rings. The van der Waals surface area contributed by atoms with Crippen LogP contribution < -0.4 is 0 Å². The number of rotatable bonds is 3. The largest absolute Gasteiger partial charge is 0.335 e. The Hall–Kier alpha value is 0.170. The first kappa shape index (κ1) is 11.2. The van der Waals surface area contributed by atoms with Crippen molar-refractivity contribution in [2.24, 2.45) is 0 Å². The van der Waals surface area contributed by atoms with Crippen LogP contribution in [0.5, 0.6) is 0 Å². The van der Waals surface area contributed by atoms with E-state index in [4.69, 9.17) is 0 Å². The van der Waals surface area contributed by atoms with Crippen LogP contribution in [-0.4, -0.2) is 14.9 Å². The summed E-state index contributed by atoms with van der Waals surface area (Å²) >= 11 is 3.39. The van der Waals surface area contributed by atoms with Crippen molar-refractivity contribution < 1.29 is 0 Å². The normalized spacial score (nSPS) is 9.27. The lowest BCUT2D eigenvalue weighted by atomic mass is 10.5. The molecular formula is C7H12Br2N2. The molecule has 0 atom stereocenters. The third-order valence-corrected chi connectivity index (χ3v) is 2.02. The maximum Gasteiger partial charge on any atom is 0.105 e. The lowest BCUT2D eigenvalue weighted by Gasteiger charge is -2.00. The molecule has 64 valence electrons. The van der Waals surface area contributed by atoms with E-state index in [0.29, 0.717) is 0 Å². The van der Waals surface area contributed by atoms with Crippen molar-refractivity contribution in [1.82, 2.24) is 9.55 Å². The van der Waals surface area contributed by atoms with Crippen molar-refractivity contribution in [2.45, 2.75) is 19.9 Å². The molecule has 1 aromatic heterocycles. The molecule has 0 aliphatic carbocycles. The van der Waals surface area contributed by atoms with Crippen LogP contribution in [0.4, 0.5) is 0 Å². The maximum atomic E-state index is 4.12. The maximum absolute atomic E-state index is 4.12. The molecule has 0 aromatic carbocycles. The Morgan fingerprint density at radius 2 is 2.36 bits per heavy atom. The highest BCUT2D eigenvalue weighted by Crippen LogP contribution is 1.98. The van der Waals surface area contributed by atoms with Crippen molar-refractivity contribution in [2.75, 3.05) is 5.33 Å². The van der Waals surface area contributed by atoms with Gasteiger partial charge in [-0.05, 0) is 13.3 Å². The second-order valence-electron chi connectivity index (χ2n) is 2.21. The van der Waals surface area contributed by atoms with Crippen LogP contribution in [0.25, 0.3) is 0 Å². The monoisotopic (exact) mass is 282 g/mol. The van der Waals surface area contributed by atoms with Crippen molar-refractivity contribution in [3.63, 3.8) is 0 Å². The van der Waals surface area contributed by atoms with Gasteiger partial charge in [0.05, 0.1) is 0 Å². The first-order valence-electron chi connectivity index (χ1n) is 3.38. The van der Waals surface area contributed by atoms with Crippen LogP contribution in [0.2, 0.25) is 0 Å². The van der Waals surface area contributed by atoms with Gasteiger partial charge in [-0.25, -0.2) is 4.98 Å². The molecule has 4 heteroatoms. The fraction of sp³-hybridized carbons (Fsp3) is 0.571. The first-order chi connectivity index (χ1) is 4.84. The van der Waals surface area contributed by atoms with E-state index >= 15 is 0 Å². The summed E-state index contributed by atoms with van der Waals surface area (Å²) in [6.07, 6.45) is 5.01. The molecule has 0 spiro atoms. The molecule has 11 heavy (non-hydrogen) atoms. The van der Waals surface area contributed by atoms with Gasteiger partial charge in [0.1, 0.15) is 5.82 Å². The van der Waals surface area contributed by atoms with Gasteiger partial charge >= 0.3 is 0 Å². The standard InChI is InChI=1S/C7H11BrN2.BrH/c1-7-9-4-6-10(7)5-2-3-8;/h4,6H,2-3,5H2,1H3;1H. The Morgan fingerprint density at radius 3 is 2.82 bits per heavy atom. The third kappa shape index (κ3) is 3.38. The lowest BCUT2D eigenvalue weighted by Crippen LogP contribution is -1.98. The SMILES string of the molecule is Br.Cc1nccn1CCCBr. The van der Waals surface area contributed by atoms with Gasteiger partial charge in [0.15, 0.2) is 0 Å². The molecule has 2 nitrogen and oxygen atoms in total. The van der Waals surface area contributed by atoms with E-state index in [1.165, 1.54) is 0 Å². The van der Waals surface area contributed by atoms with Crippen molar-refractivity contribution in [3.8, 4) is 0 Å². The average Bonchev–Trinajstić information content (AvgIpc) is 2.31. The molecule has 0 bridgehead atoms. The molecule has 0 aliphatic heterocycles. The van der Waals surface area contributed by atoms with E-state index in [9.17, 15) is 0 Å². The topological polar surface area (TPSA) is 17.8 Å². The number of imidazole rings is 1.